The average Bonchev–Trinajstić information content (AvgIpc) is 2.87. The van der Waals surface area contributed by atoms with Crippen molar-refractivity contribution in [3.8, 4) is 0 Å². The summed E-state index contributed by atoms with van der Waals surface area (Å²) in [6.07, 6.45) is 4.16. The van der Waals surface area contributed by atoms with Gasteiger partial charge < -0.3 is 5.32 Å². The van der Waals surface area contributed by atoms with E-state index in [4.69, 9.17) is 0 Å². The minimum Gasteiger partial charge on any atom is -0.312 e. The molecule has 0 amide bonds. The molecule has 3 rings (SSSR count). The van der Waals surface area contributed by atoms with E-state index in [1.54, 1.807) is 0 Å². The number of aromatic nitrogens is 2. The maximum absolute atomic E-state index is 4.47. The molecule has 0 aliphatic carbocycles. The average molecular weight is 307 g/mol. The minimum absolute atomic E-state index is 0. The van der Waals surface area contributed by atoms with Crippen molar-refractivity contribution in [2.24, 2.45) is 0 Å². The summed E-state index contributed by atoms with van der Waals surface area (Å²) in [5, 5.41) is 7.94. The van der Waals surface area contributed by atoms with Crippen LogP contribution in [0, 0.1) is 0 Å². The number of hydrogen-bond acceptors (Lipinski definition) is 3. The fourth-order valence-electron chi connectivity index (χ4n) is 2.76. The van der Waals surface area contributed by atoms with Crippen molar-refractivity contribution in [2.75, 3.05) is 19.6 Å². The number of nitrogens with one attached hydrogen (secondary N) is 1. The molecular weight excluding hydrogens is 284 g/mol. The summed E-state index contributed by atoms with van der Waals surface area (Å²) in [6.45, 7) is 7.40. The lowest BCUT2D eigenvalue weighted by Gasteiger charge is -2.31. The van der Waals surface area contributed by atoms with E-state index >= 15 is 0 Å². The molecular formula is C16H23ClN4. The third-order valence-electron chi connectivity index (χ3n) is 3.73. The van der Waals surface area contributed by atoms with Crippen molar-refractivity contribution < 1.29 is 0 Å². The summed E-state index contributed by atoms with van der Waals surface area (Å²) >= 11 is 0. The van der Waals surface area contributed by atoms with E-state index in [1.165, 1.54) is 11.1 Å². The minimum atomic E-state index is 0. The summed E-state index contributed by atoms with van der Waals surface area (Å²) in [5.41, 5.74) is 2.59. The second kappa shape index (κ2) is 7.59. The number of rotatable bonds is 4. The SMILES string of the molecule is C[C@@H]1CN(Cc2cnn(Cc3ccccc3)c2)CCN1.Cl. The Labute approximate surface area is 132 Å². The Balaban J connectivity index is 0.00000161. The summed E-state index contributed by atoms with van der Waals surface area (Å²) in [4.78, 5) is 2.49. The van der Waals surface area contributed by atoms with Crippen LogP contribution in [0.4, 0.5) is 0 Å². The molecule has 4 nitrogen and oxygen atoms in total. The van der Waals surface area contributed by atoms with Crippen LogP contribution in [0.25, 0.3) is 0 Å². The van der Waals surface area contributed by atoms with Crippen LogP contribution in [0.1, 0.15) is 18.1 Å². The van der Waals surface area contributed by atoms with Gasteiger partial charge in [-0.15, -0.1) is 12.4 Å². The van der Waals surface area contributed by atoms with Gasteiger partial charge in [-0.25, -0.2) is 0 Å². The third-order valence-corrected chi connectivity index (χ3v) is 3.73. The molecule has 21 heavy (non-hydrogen) atoms. The number of benzene rings is 1. The maximum Gasteiger partial charge on any atom is 0.0659 e. The molecule has 1 N–H and O–H groups in total. The molecule has 1 aliphatic heterocycles. The molecule has 2 heterocycles. The predicted molar refractivity (Wildman–Crippen MR) is 87.8 cm³/mol. The molecule has 1 atom stereocenters. The summed E-state index contributed by atoms with van der Waals surface area (Å²) in [5.74, 6) is 0. The van der Waals surface area contributed by atoms with Crippen molar-refractivity contribution in [1.82, 2.24) is 20.0 Å². The Morgan fingerprint density at radius 1 is 1.19 bits per heavy atom. The topological polar surface area (TPSA) is 33.1 Å². The zero-order valence-electron chi connectivity index (χ0n) is 12.4. The Hall–Kier alpha value is -1.36. The van der Waals surface area contributed by atoms with Gasteiger partial charge >= 0.3 is 0 Å². The molecule has 5 heteroatoms. The highest BCUT2D eigenvalue weighted by atomic mass is 35.5. The first-order valence-electron chi connectivity index (χ1n) is 7.30. The molecule has 0 saturated carbocycles. The van der Waals surface area contributed by atoms with Gasteiger partial charge in [0.25, 0.3) is 0 Å². The molecule has 1 aromatic heterocycles. The Morgan fingerprint density at radius 2 is 2.00 bits per heavy atom. The number of hydrogen-bond donors (Lipinski definition) is 1. The molecule has 0 radical (unpaired) electrons. The summed E-state index contributed by atoms with van der Waals surface area (Å²) in [7, 11) is 0. The van der Waals surface area contributed by atoms with E-state index in [2.05, 4.69) is 52.7 Å². The number of piperazine rings is 1. The van der Waals surface area contributed by atoms with Crippen LogP contribution in [-0.4, -0.2) is 40.4 Å². The van der Waals surface area contributed by atoms with Gasteiger partial charge in [-0.1, -0.05) is 30.3 Å². The lowest BCUT2D eigenvalue weighted by Crippen LogP contribution is -2.48. The van der Waals surface area contributed by atoms with Crippen LogP contribution >= 0.6 is 12.4 Å². The van der Waals surface area contributed by atoms with Gasteiger partial charge in [0.2, 0.25) is 0 Å². The molecule has 1 aliphatic rings. The lowest BCUT2D eigenvalue weighted by molar-refractivity contribution is 0.199. The van der Waals surface area contributed by atoms with Gasteiger partial charge in [0.1, 0.15) is 0 Å². The highest BCUT2D eigenvalue weighted by Gasteiger charge is 2.15. The van der Waals surface area contributed by atoms with Crippen LogP contribution < -0.4 is 5.32 Å². The molecule has 114 valence electrons. The first-order chi connectivity index (χ1) is 9.79. The standard InChI is InChI=1S/C16H22N4.ClH/c1-14-10-19(8-7-17-14)11-16-9-18-20(13-16)12-15-5-3-2-4-6-15;/h2-6,9,13-14,17H,7-8,10-12H2,1H3;1H/t14-;/m1./s1. The van der Waals surface area contributed by atoms with Crippen LogP contribution in [0.3, 0.4) is 0 Å². The highest BCUT2D eigenvalue weighted by molar-refractivity contribution is 5.85. The van der Waals surface area contributed by atoms with Crippen molar-refractivity contribution in [3.63, 3.8) is 0 Å². The summed E-state index contributed by atoms with van der Waals surface area (Å²) in [6, 6.07) is 11.1. The van der Waals surface area contributed by atoms with Crippen molar-refractivity contribution >= 4 is 12.4 Å². The predicted octanol–water partition coefficient (Wildman–Crippen LogP) is 2.15. The normalized spacial score (nSPS) is 19.2. The van der Waals surface area contributed by atoms with E-state index in [1.807, 2.05) is 16.9 Å². The quantitative estimate of drug-likeness (QED) is 0.939. The molecule has 2 aromatic rings. The van der Waals surface area contributed by atoms with Crippen molar-refractivity contribution in [1.29, 1.82) is 0 Å². The Morgan fingerprint density at radius 3 is 2.76 bits per heavy atom. The van der Waals surface area contributed by atoms with Gasteiger partial charge in [-0.05, 0) is 12.5 Å². The molecule has 1 aromatic carbocycles. The van der Waals surface area contributed by atoms with Crippen LogP contribution in [0.15, 0.2) is 42.7 Å². The first kappa shape index (κ1) is 16.0. The van der Waals surface area contributed by atoms with E-state index in [-0.39, 0.29) is 12.4 Å². The van der Waals surface area contributed by atoms with Gasteiger partial charge in [0.05, 0.1) is 12.7 Å². The lowest BCUT2D eigenvalue weighted by atomic mass is 10.2. The fraction of sp³-hybridized carbons (Fsp3) is 0.438. The zero-order chi connectivity index (χ0) is 13.8. The molecule has 0 unspecified atom stereocenters. The van der Waals surface area contributed by atoms with Crippen LogP contribution in [-0.2, 0) is 13.1 Å². The second-order valence-electron chi connectivity index (χ2n) is 5.62. The number of halogens is 1. The van der Waals surface area contributed by atoms with Gasteiger partial charge in [0.15, 0.2) is 0 Å². The maximum atomic E-state index is 4.47. The van der Waals surface area contributed by atoms with E-state index in [9.17, 15) is 0 Å². The largest absolute Gasteiger partial charge is 0.312 e. The van der Waals surface area contributed by atoms with Crippen molar-refractivity contribution in [3.05, 3.63) is 53.9 Å². The van der Waals surface area contributed by atoms with E-state index in [0.29, 0.717) is 6.04 Å². The van der Waals surface area contributed by atoms with Gasteiger partial charge in [0, 0.05) is 44.0 Å². The zero-order valence-corrected chi connectivity index (χ0v) is 13.2. The van der Waals surface area contributed by atoms with Crippen LogP contribution in [0.5, 0.6) is 0 Å². The third kappa shape index (κ3) is 4.56. The van der Waals surface area contributed by atoms with E-state index < -0.39 is 0 Å². The Bertz CT molecular complexity index is 540. The monoisotopic (exact) mass is 306 g/mol. The van der Waals surface area contributed by atoms with Crippen LogP contribution in [0.2, 0.25) is 0 Å². The molecule has 0 bridgehead atoms. The fourth-order valence-corrected chi connectivity index (χ4v) is 2.76. The van der Waals surface area contributed by atoms with Crippen molar-refractivity contribution in [2.45, 2.75) is 26.1 Å². The second-order valence-corrected chi connectivity index (χ2v) is 5.62. The number of nitrogens with zero attached hydrogens (tertiary/aromatic N) is 3. The smallest absolute Gasteiger partial charge is 0.0659 e. The Kier molecular flexibility index (Phi) is 5.79. The van der Waals surface area contributed by atoms with Gasteiger partial charge in [-0.3, -0.25) is 9.58 Å². The van der Waals surface area contributed by atoms with E-state index in [0.717, 1.165) is 32.7 Å². The summed E-state index contributed by atoms with van der Waals surface area (Å²) < 4.78 is 2.02. The van der Waals surface area contributed by atoms with Gasteiger partial charge in [-0.2, -0.15) is 5.10 Å². The molecule has 1 fully saturated rings. The highest BCUT2D eigenvalue weighted by Crippen LogP contribution is 2.08. The molecule has 1 saturated heterocycles. The molecule has 0 spiro atoms. The first-order valence-corrected chi connectivity index (χ1v) is 7.30.